The van der Waals surface area contributed by atoms with E-state index < -0.39 is 17.5 Å². The Kier molecular flexibility index (Phi) is 5.99. The number of rotatable bonds is 5. The zero-order valence-corrected chi connectivity index (χ0v) is 15.0. The molecule has 26 heavy (non-hydrogen) atoms. The molecule has 2 aromatic rings. The lowest BCUT2D eigenvalue weighted by molar-refractivity contribution is 0.0950. The van der Waals surface area contributed by atoms with Gasteiger partial charge in [-0.25, -0.2) is 8.78 Å². The number of likely N-dealkylation sites (tertiary alicyclic amines) is 1. The third-order valence-corrected chi connectivity index (χ3v) is 4.88. The molecule has 1 N–H and O–H groups in total. The molecule has 0 aliphatic carbocycles. The van der Waals surface area contributed by atoms with Crippen molar-refractivity contribution in [3.8, 4) is 0 Å². The van der Waals surface area contributed by atoms with E-state index in [0.717, 1.165) is 49.3 Å². The molecule has 3 rings (SSSR count). The highest BCUT2D eigenvalue weighted by atomic mass is 19.1. The van der Waals surface area contributed by atoms with Gasteiger partial charge in [-0.05, 0) is 55.1 Å². The number of piperidine rings is 1. The first-order chi connectivity index (χ1) is 12.5. The van der Waals surface area contributed by atoms with Crippen LogP contribution in [-0.2, 0) is 13.1 Å². The highest BCUT2D eigenvalue weighted by Crippen LogP contribution is 2.18. The first-order valence-electron chi connectivity index (χ1n) is 9.04. The average molecular weight is 358 g/mol. The van der Waals surface area contributed by atoms with Crippen molar-refractivity contribution in [2.24, 2.45) is 5.92 Å². The first-order valence-corrected chi connectivity index (χ1v) is 9.04. The van der Waals surface area contributed by atoms with Gasteiger partial charge in [0, 0.05) is 24.7 Å². The van der Waals surface area contributed by atoms with E-state index in [0.29, 0.717) is 6.54 Å². The summed E-state index contributed by atoms with van der Waals surface area (Å²) in [6.07, 6.45) is 2.51. The summed E-state index contributed by atoms with van der Waals surface area (Å²) < 4.78 is 26.4. The second-order valence-corrected chi connectivity index (χ2v) is 7.12. The Morgan fingerprint density at radius 3 is 2.23 bits per heavy atom. The Morgan fingerprint density at radius 2 is 1.62 bits per heavy atom. The van der Waals surface area contributed by atoms with Gasteiger partial charge in [0.1, 0.15) is 11.6 Å². The van der Waals surface area contributed by atoms with Crippen LogP contribution in [0, 0.1) is 17.6 Å². The Labute approximate surface area is 153 Å². The molecule has 1 heterocycles. The second kappa shape index (κ2) is 8.41. The summed E-state index contributed by atoms with van der Waals surface area (Å²) in [6.45, 7) is 5.85. The SMILES string of the molecule is CC1CCN(Cc2ccc(CNC(=O)c3cc(F)cc(F)c3)cc2)CC1. The predicted octanol–water partition coefficient (Wildman–Crippen LogP) is 4.13. The number of hydrogen-bond donors (Lipinski definition) is 1. The van der Waals surface area contributed by atoms with Gasteiger partial charge in [0.25, 0.3) is 5.91 Å². The molecule has 1 saturated heterocycles. The predicted molar refractivity (Wildman–Crippen MR) is 97.6 cm³/mol. The minimum absolute atomic E-state index is 0.0153. The lowest BCUT2D eigenvalue weighted by atomic mass is 9.99. The normalized spacial score (nSPS) is 15.8. The molecule has 0 unspecified atom stereocenters. The van der Waals surface area contributed by atoms with Crippen molar-refractivity contribution in [2.75, 3.05) is 13.1 Å². The molecule has 0 bridgehead atoms. The smallest absolute Gasteiger partial charge is 0.251 e. The van der Waals surface area contributed by atoms with Gasteiger partial charge < -0.3 is 5.32 Å². The first kappa shape index (κ1) is 18.5. The van der Waals surface area contributed by atoms with Crippen LogP contribution < -0.4 is 5.32 Å². The fourth-order valence-corrected chi connectivity index (χ4v) is 3.21. The molecule has 2 aromatic carbocycles. The topological polar surface area (TPSA) is 32.3 Å². The van der Waals surface area contributed by atoms with E-state index in [-0.39, 0.29) is 5.56 Å². The van der Waals surface area contributed by atoms with Crippen LogP contribution in [0.1, 0.15) is 41.3 Å². The van der Waals surface area contributed by atoms with Crippen molar-refractivity contribution in [1.29, 1.82) is 0 Å². The molecule has 1 aliphatic heterocycles. The highest BCUT2D eigenvalue weighted by molar-refractivity contribution is 5.94. The number of amides is 1. The number of carbonyl (C=O) groups excluding carboxylic acids is 1. The number of nitrogens with zero attached hydrogens (tertiary/aromatic N) is 1. The maximum atomic E-state index is 13.2. The largest absolute Gasteiger partial charge is 0.348 e. The van der Waals surface area contributed by atoms with Crippen LogP contribution in [0.4, 0.5) is 8.78 Å². The maximum absolute atomic E-state index is 13.2. The molecule has 0 radical (unpaired) electrons. The monoisotopic (exact) mass is 358 g/mol. The van der Waals surface area contributed by atoms with Crippen LogP contribution in [0.3, 0.4) is 0 Å². The minimum atomic E-state index is -0.758. The number of nitrogens with one attached hydrogen (secondary N) is 1. The van der Waals surface area contributed by atoms with Crippen molar-refractivity contribution >= 4 is 5.91 Å². The van der Waals surface area contributed by atoms with E-state index in [1.165, 1.54) is 18.4 Å². The van der Waals surface area contributed by atoms with E-state index >= 15 is 0 Å². The molecule has 3 nitrogen and oxygen atoms in total. The van der Waals surface area contributed by atoms with Crippen molar-refractivity contribution < 1.29 is 13.6 Å². The van der Waals surface area contributed by atoms with Gasteiger partial charge in [-0.2, -0.15) is 0 Å². The van der Waals surface area contributed by atoms with Gasteiger partial charge in [-0.15, -0.1) is 0 Å². The van der Waals surface area contributed by atoms with Crippen LogP contribution in [0.25, 0.3) is 0 Å². The Balaban J connectivity index is 1.51. The molecule has 138 valence electrons. The van der Waals surface area contributed by atoms with E-state index in [4.69, 9.17) is 0 Å². The number of halogens is 2. The summed E-state index contributed by atoms with van der Waals surface area (Å²) >= 11 is 0. The standard InChI is InChI=1S/C21H24F2N2O/c1-15-6-8-25(9-7-15)14-17-4-2-16(3-5-17)13-24-21(26)18-10-19(22)12-20(23)11-18/h2-5,10-12,15H,6-9,13-14H2,1H3,(H,24,26). The van der Waals surface area contributed by atoms with Crippen LogP contribution in [0.5, 0.6) is 0 Å². The third-order valence-electron chi connectivity index (χ3n) is 4.88. The van der Waals surface area contributed by atoms with Gasteiger partial charge in [0.2, 0.25) is 0 Å². The fourth-order valence-electron chi connectivity index (χ4n) is 3.21. The van der Waals surface area contributed by atoms with Crippen LogP contribution >= 0.6 is 0 Å². The van der Waals surface area contributed by atoms with Gasteiger partial charge in [0.15, 0.2) is 0 Å². The van der Waals surface area contributed by atoms with Crippen LogP contribution in [0.2, 0.25) is 0 Å². The zero-order valence-electron chi connectivity index (χ0n) is 15.0. The van der Waals surface area contributed by atoms with Crippen molar-refractivity contribution in [3.05, 3.63) is 70.8 Å². The summed E-state index contributed by atoms with van der Waals surface area (Å²) in [5, 5.41) is 2.69. The fraction of sp³-hybridized carbons (Fsp3) is 0.381. The van der Waals surface area contributed by atoms with E-state index in [1.54, 1.807) is 0 Å². The van der Waals surface area contributed by atoms with E-state index in [2.05, 4.69) is 29.3 Å². The lowest BCUT2D eigenvalue weighted by Gasteiger charge is -2.30. The molecule has 1 fully saturated rings. The lowest BCUT2D eigenvalue weighted by Crippen LogP contribution is -2.32. The summed E-state index contributed by atoms with van der Waals surface area (Å²) in [5.74, 6) is -1.18. The Bertz CT molecular complexity index is 733. The summed E-state index contributed by atoms with van der Waals surface area (Å²) in [5.41, 5.74) is 2.19. The molecule has 1 amide bonds. The third kappa shape index (κ3) is 5.11. The molecular formula is C21H24F2N2O. The Hall–Kier alpha value is -2.27. The summed E-state index contributed by atoms with van der Waals surface area (Å²) in [6, 6.07) is 10.9. The molecule has 1 aliphatic rings. The van der Waals surface area contributed by atoms with Crippen molar-refractivity contribution in [1.82, 2.24) is 10.2 Å². The summed E-state index contributed by atoms with van der Waals surface area (Å²) in [4.78, 5) is 14.5. The number of hydrogen-bond acceptors (Lipinski definition) is 2. The quantitative estimate of drug-likeness (QED) is 0.872. The van der Waals surface area contributed by atoms with Gasteiger partial charge in [0.05, 0.1) is 0 Å². The molecule has 5 heteroatoms. The summed E-state index contributed by atoms with van der Waals surface area (Å²) in [7, 11) is 0. The number of carbonyl (C=O) groups is 1. The van der Waals surface area contributed by atoms with Gasteiger partial charge >= 0.3 is 0 Å². The maximum Gasteiger partial charge on any atom is 0.251 e. The van der Waals surface area contributed by atoms with E-state index in [9.17, 15) is 13.6 Å². The van der Waals surface area contributed by atoms with Crippen molar-refractivity contribution in [2.45, 2.75) is 32.9 Å². The average Bonchev–Trinajstić information content (AvgIpc) is 2.62. The molecule has 0 atom stereocenters. The zero-order chi connectivity index (χ0) is 18.5. The molecular weight excluding hydrogens is 334 g/mol. The van der Waals surface area contributed by atoms with E-state index in [1.807, 2.05) is 12.1 Å². The molecule has 0 aromatic heterocycles. The molecule has 0 spiro atoms. The van der Waals surface area contributed by atoms with Crippen LogP contribution in [0.15, 0.2) is 42.5 Å². The number of benzene rings is 2. The minimum Gasteiger partial charge on any atom is -0.348 e. The highest BCUT2D eigenvalue weighted by Gasteiger charge is 2.15. The van der Waals surface area contributed by atoms with Gasteiger partial charge in [-0.1, -0.05) is 31.2 Å². The molecule has 0 saturated carbocycles. The second-order valence-electron chi connectivity index (χ2n) is 7.12. The Morgan fingerprint density at radius 1 is 1.04 bits per heavy atom. The van der Waals surface area contributed by atoms with Crippen LogP contribution in [-0.4, -0.2) is 23.9 Å². The van der Waals surface area contributed by atoms with Gasteiger partial charge in [-0.3, -0.25) is 9.69 Å². The van der Waals surface area contributed by atoms with Crippen molar-refractivity contribution in [3.63, 3.8) is 0 Å².